The number of amides is 1. The standard InChI is InChI=1S/C11H13N3O/c12-7-9-3-1-8(2-4-9)5-10(13)6-11(14)15/h1-4,10H,5-6,13H2,(H2,14,15). The highest BCUT2D eigenvalue weighted by Crippen LogP contribution is 2.06. The summed E-state index contributed by atoms with van der Waals surface area (Å²) in [6.07, 6.45) is 0.772. The van der Waals surface area contributed by atoms with Crippen LogP contribution in [-0.2, 0) is 11.2 Å². The van der Waals surface area contributed by atoms with E-state index in [0.717, 1.165) is 5.56 Å². The molecule has 1 rings (SSSR count). The lowest BCUT2D eigenvalue weighted by molar-refractivity contribution is -0.118. The molecule has 0 heterocycles. The zero-order chi connectivity index (χ0) is 11.3. The van der Waals surface area contributed by atoms with Gasteiger partial charge in [0.25, 0.3) is 0 Å². The Morgan fingerprint density at radius 3 is 2.47 bits per heavy atom. The van der Waals surface area contributed by atoms with E-state index in [1.165, 1.54) is 0 Å². The van der Waals surface area contributed by atoms with E-state index in [2.05, 4.69) is 0 Å². The van der Waals surface area contributed by atoms with Gasteiger partial charge < -0.3 is 11.5 Å². The van der Waals surface area contributed by atoms with Gasteiger partial charge in [-0.15, -0.1) is 0 Å². The van der Waals surface area contributed by atoms with Gasteiger partial charge in [-0.25, -0.2) is 0 Å². The number of carbonyl (C=O) groups is 1. The molecule has 0 saturated carbocycles. The second-order valence-electron chi connectivity index (χ2n) is 3.44. The zero-order valence-electron chi connectivity index (χ0n) is 8.31. The molecule has 0 spiro atoms. The maximum absolute atomic E-state index is 10.6. The molecular formula is C11H13N3O. The summed E-state index contributed by atoms with van der Waals surface area (Å²) in [5, 5.41) is 8.59. The highest BCUT2D eigenvalue weighted by molar-refractivity contribution is 5.74. The van der Waals surface area contributed by atoms with E-state index in [1.54, 1.807) is 12.1 Å². The molecule has 0 bridgehead atoms. The summed E-state index contributed by atoms with van der Waals surface area (Å²) in [7, 11) is 0. The maximum Gasteiger partial charge on any atom is 0.218 e. The fraction of sp³-hybridized carbons (Fsp3) is 0.273. The topological polar surface area (TPSA) is 92.9 Å². The third-order valence-corrected chi connectivity index (χ3v) is 2.04. The minimum Gasteiger partial charge on any atom is -0.370 e. The van der Waals surface area contributed by atoms with E-state index in [0.29, 0.717) is 12.0 Å². The molecule has 4 nitrogen and oxygen atoms in total. The molecular weight excluding hydrogens is 190 g/mol. The Balaban J connectivity index is 2.58. The molecule has 0 saturated heterocycles. The average Bonchev–Trinajstić information content (AvgIpc) is 2.17. The highest BCUT2D eigenvalue weighted by Gasteiger charge is 2.07. The summed E-state index contributed by atoms with van der Waals surface area (Å²) >= 11 is 0. The van der Waals surface area contributed by atoms with Crippen molar-refractivity contribution in [3.63, 3.8) is 0 Å². The first kappa shape index (κ1) is 11.2. The van der Waals surface area contributed by atoms with Crippen LogP contribution in [0.1, 0.15) is 17.5 Å². The van der Waals surface area contributed by atoms with Gasteiger partial charge in [-0.05, 0) is 24.1 Å². The van der Waals surface area contributed by atoms with E-state index in [-0.39, 0.29) is 12.5 Å². The van der Waals surface area contributed by atoms with Crippen LogP contribution in [0.2, 0.25) is 0 Å². The zero-order valence-corrected chi connectivity index (χ0v) is 8.31. The fourth-order valence-electron chi connectivity index (χ4n) is 1.35. The van der Waals surface area contributed by atoms with Crippen LogP contribution in [0.25, 0.3) is 0 Å². The minimum atomic E-state index is -0.392. The molecule has 15 heavy (non-hydrogen) atoms. The average molecular weight is 203 g/mol. The summed E-state index contributed by atoms with van der Waals surface area (Å²) in [4.78, 5) is 10.6. The van der Waals surface area contributed by atoms with Crippen molar-refractivity contribution in [3.8, 4) is 6.07 Å². The van der Waals surface area contributed by atoms with E-state index in [9.17, 15) is 4.79 Å². The molecule has 0 aromatic heterocycles. The van der Waals surface area contributed by atoms with Crippen molar-refractivity contribution < 1.29 is 4.79 Å². The molecule has 78 valence electrons. The molecule has 1 unspecified atom stereocenters. The van der Waals surface area contributed by atoms with Gasteiger partial charge in [-0.3, -0.25) is 4.79 Å². The Morgan fingerprint density at radius 2 is 2.00 bits per heavy atom. The first-order valence-corrected chi connectivity index (χ1v) is 4.64. The molecule has 0 aliphatic carbocycles. The lowest BCUT2D eigenvalue weighted by Crippen LogP contribution is -2.29. The van der Waals surface area contributed by atoms with Crippen LogP contribution in [0, 0.1) is 11.3 Å². The van der Waals surface area contributed by atoms with Gasteiger partial charge in [0, 0.05) is 12.5 Å². The van der Waals surface area contributed by atoms with Gasteiger partial charge in [0.15, 0.2) is 0 Å². The molecule has 1 atom stereocenters. The lowest BCUT2D eigenvalue weighted by atomic mass is 10.0. The van der Waals surface area contributed by atoms with Crippen molar-refractivity contribution in [1.29, 1.82) is 5.26 Å². The smallest absolute Gasteiger partial charge is 0.218 e. The molecule has 4 N–H and O–H groups in total. The number of rotatable bonds is 4. The van der Waals surface area contributed by atoms with Crippen LogP contribution >= 0.6 is 0 Å². The number of primary amides is 1. The predicted octanol–water partition coefficient (Wildman–Crippen LogP) is 0.303. The van der Waals surface area contributed by atoms with Gasteiger partial charge in [0.1, 0.15) is 0 Å². The van der Waals surface area contributed by atoms with Crippen LogP contribution < -0.4 is 11.5 Å². The van der Waals surface area contributed by atoms with Crippen molar-refractivity contribution in [2.45, 2.75) is 18.9 Å². The molecule has 1 aromatic rings. The number of nitrogens with zero attached hydrogens (tertiary/aromatic N) is 1. The largest absolute Gasteiger partial charge is 0.370 e. The van der Waals surface area contributed by atoms with E-state index < -0.39 is 5.91 Å². The van der Waals surface area contributed by atoms with E-state index in [4.69, 9.17) is 16.7 Å². The Morgan fingerprint density at radius 1 is 1.40 bits per heavy atom. The van der Waals surface area contributed by atoms with Gasteiger partial charge in [0.2, 0.25) is 5.91 Å². The van der Waals surface area contributed by atoms with Crippen molar-refractivity contribution >= 4 is 5.91 Å². The molecule has 1 amide bonds. The quantitative estimate of drug-likeness (QED) is 0.737. The van der Waals surface area contributed by atoms with Gasteiger partial charge in [0.05, 0.1) is 11.6 Å². The van der Waals surface area contributed by atoms with Crippen LogP contribution in [-0.4, -0.2) is 11.9 Å². The highest BCUT2D eigenvalue weighted by atomic mass is 16.1. The summed E-state index contributed by atoms with van der Waals surface area (Å²) in [5.41, 5.74) is 12.4. The summed E-state index contributed by atoms with van der Waals surface area (Å²) < 4.78 is 0. The second kappa shape index (κ2) is 5.13. The summed E-state index contributed by atoms with van der Waals surface area (Å²) in [5.74, 6) is -0.392. The molecule has 1 aromatic carbocycles. The number of carbonyl (C=O) groups excluding carboxylic acids is 1. The normalized spacial score (nSPS) is 11.7. The first-order valence-electron chi connectivity index (χ1n) is 4.64. The number of hydrogen-bond donors (Lipinski definition) is 2. The lowest BCUT2D eigenvalue weighted by Gasteiger charge is -2.08. The molecule has 0 aliphatic heterocycles. The Labute approximate surface area is 88.5 Å². The number of benzene rings is 1. The molecule has 0 fully saturated rings. The number of nitrogens with two attached hydrogens (primary N) is 2. The van der Waals surface area contributed by atoms with Crippen LogP contribution in [0.3, 0.4) is 0 Å². The van der Waals surface area contributed by atoms with E-state index in [1.807, 2.05) is 18.2 Å². The first-order chi connectivity index (χ1) is 7.11. The summed E-state index contributed by atoms with van der Waals surface area (Å²) in [6.45, 7) is 0. The third-order valence-electron chi connectivity index (χ3n) is 2.04. The van der Waals surface area contributed by atoms with Gasteiger partial charge in [-0.2, -0.15) is 5.26 Å². The van der Waals surface area contributed by atoms with Gasteiger partial charge in [-0.1, -0.05) is 12.1 Å². The fourth-order valence-corrected chi connectivity index (χ4v) is 1.35. The third kappa shape index (κ3) is 3.79. The van der Waals surface area contributed by atoms with Crippen molar-refractivity contribution in [2.24, 2.45) is 11.5 Å². The predicted molar refractivity (Wildman–Crippen MR) is 56.6 cm³/mol. The number of nitriles is 1. The van der Waals surface area contributed by atoms with Crippen LogP contribution in [0.4, 0.5) is 0 Å². The Hall–Kier alpha value is -1.86. The Kier molecular flexibility index (Phi) is 3.83. The van der Waals surface area contributed by atoms with E-state index >= 15 is 0 Å². The number of hydrogen-bond acceptors (Lipinski definition) is 3. The van der Waals surface area contributed by atoms with Crippen molar-refractivity contribution in [1.82, 2.24) is 0 Å². The molecule has 0 aliphatic rings. The van der Waals surface area contributed by atoms with Crippen molar-refractivity contribution in [2.75, 3.05) is 0 Å². The Bertz CT molecular complexity index is 378. The molecule has 0 radical (unpaired) electrons. The van der Waals surface area contributed by atoms with Crippen LogP contribution in [0.15, 0.2) is 24.3 Å². The maximum atomic E-state index is 10.6. The molecule has 4 heteroatoms. The SMILES string of the molecule is N#Cc1ccc(CC(N)CC(N)=O)cc1. The minimum absolute atomic E-state index is 0.181. The second-order valence-corrected chi connectivity index (χ2v) is 3.44. The monoisotopic (exact) mass is 203 g/mol. The van der Waals surface area contributed by atoms with Gasteiger partial charge >= 0.3 is 0 Å². The van der Waals surface area contributed by atoms with Crippen LogP contribution in [0.5, 0.6) is 0 Å². The summed E-state index contributed by atoms with van der Waals surface area (Å²) in [6, 6.07) is 8.90. The van der Waals surface area contributed by atoms with Crippen molar-refractivity contribution in [3.05, 3.63) is 35.4 Å².